The zero-order chi connectivity index (χ0) is 20.3. The van der Waals surface area contributed by atoms with Crippen molar-refractivity contribution in [2.24, 2.45) is 5.41 Å². The zero-order valence-corrected chi connectivity index (χ0v) is 16.9. The summed E-state index contributed by atoms with van der Waals surface area (Å²) in [5, 5.41) is 0. The molecule has 2 aliphatic rings. The van der Waals surface area contributed by atoms with Crippen LogP contribution in [0.15, 0.2) is 30.3 Å². The Balaban J connectivity index is 1.72. The Morgan fingerprint density at radius 1 is 1.18 bits per heavy atom. The Labute approximate surface area is 166 Å². The quantitative estimate of drug-likeness (QED) is 0.698. The molecule has 0 aliphatic carbocycles. The van der Waals surface area contributed by atoms with Crippen LogP contribution < -0.4 is 0 Å². The van der Waals surface area contributed by atoms with Crippen molar-refractivity contribution in [3.05, 3.63) is 35.9 Å². The van der Waals surface area contributed by atoms with E-state index >= 15 is 0 Å². The van der Waals surface area contributed by atoms with Crippen LogP contribution in [0.5, 0.6) is 0 Å². The monoisotopic (exact) mass is 387 g/mol. The van der Waals surface area contributed by atoms with Gasteiger partial charge in [-0.25, -0.2) is 4.79 Å². The number of rotatable bonds is 6. The summed E-state index contributed by atoms with van der Waals surface area (Å²) in [5.41, 5.74) is 0.828. The summed E-state index contributed by atoms with van der Waals surface area (Å²) >= 11 is 0. The first-order chi connectivity index (χ1) is 13.3. The molecular formula is C21H29N3O4. The number of urea groups is 1. The molecule has 7 nitrogen and oxygen atoms in total. The van der Waals surface area contributed by atoms with Gasteiger partial charge in [0.2, 0.25) is 5.91 Å². The fraction of sp³-hybridized carbons (Fsp3) is 0.571. The lowest BCUT2D eigenvalue weighted by Crippen LogP contribution is -2.44. The standard InChI is InChI=1S/C21H29N3O4/c1-21(2)14-22(18(25)10-9-16-7-5-4-6-8-16)13-17-19(26)23(11-12-28-3)20(27)24(17)15-21/h4-8,17H,9-15H2,1-3H3. The first-order valence-corrected chi connectivity index (χ1v) is 9.75. The van der Waals surface area contributed by atoms with Gasteiger partial charge >= 0.3 is 6.03 Å². The second kappa shape index (κ2) is 8.31. The molecule has 2 fully saturated rings. The van der Waals surface area contributed by atoms with Crippen LogP contribution in [0, 0.1) is 5.41 Å². The Morgan fingerprint density at radius 3 is 2.57 bits per heavy atom. The van der Waals surface area contributed by atoms with E-state index < -0.39 is 6.04 Å². The molecule has 1 aromatic carbocycles. The van der Waals surface area contributed by atoms with Crippen molar-refractivity contribution in [2.75, 3.05) is 39.9 Å². The van der Waals surface area contributed by atoms with E-state index in [4.69, 9.17) is 4.74 Å². The van der Waals surface area contributed by atoms with Gasteiger partial charge in [0, 0.05) is 32.0 Å². The highest BCUT2D eigenvalue weighted by Crippen LogP contribution is 2.30. The minimum absolute atomic E-state index is 0.0226. The number of ether oxygens (including phenoxy) is 1. The van der Waals surface area contributed by atoms with Gasteiger partial charge in [-0.05, 0) is 12.0 Å². The molecule has 0 saturated carbocycles. The molecule has 0 N–H and O–H groups in total. The van der Waals surface area contributed by atoms with E-state index in [9.17, 15) is 14.4 Å². The predicted molar refractivity (Wildman–Crippen MR) is 105 cm³/mol. The number of hydrogen-bond acceptors (Lipinski definition) is 4. The molecule has 1 atom stereocenters. The van der Waals surface area contributed by atoms with Crippen LogP contribution in [0.4, 0.5) is 4.79 Å². The summed E-state index contributed by atoms with van der Waals surface area (Å²) in [6, 6.07) is 9.01. The van der Waals surface area contributed by atoms with Crippen LogP contribution in [-0.2, 0) is 20.7 Å². The van der Waals surface area contributed by atoms with Crippen molar-refractivity contribution in [1.29, 1.82) is 0 Å². The van der Waals surface area contributed by atoms with Crippen molar-refractivity contribution >= 4 is 17.8 Å². The molecule has 2 saturated heterocycles. The molecular weight excluding hydrogens is 358 g/mol. The number of imide groups is 1. The lowest BCUT2D eigenvalue weighted by atomic mass is 9.92. The third kappa shape index (κ3) is 4.35. The number of aryl methyl sites for hydroxylation is 1. The Hall–Kier alpha value is -2.41. The summed E-state index contributed by atoms with van der Waals surface area (Å²) in [5.74, 6) is -0.213. The number of amides is 4. The van der Waals surface area contributed by atoms with Crippen LogP contribution in [0.25, 0.3) is 0 Å². The maximum Gasteiger partial charge on any atom is 0.327 e. The number of nitrogens with zero attached hydrogens (tertiary/aromatic N) is 3. The van der Waals surface area contributed by atoms with Gasteiger partial charge in [-0.15, -0.1) is 0 Å². The minimum Gasteiger partial charge on any atom is -0.383 e. The molecule has 0 aromatic heterocycles. The molecule has 2 aliphatic heterocycles. The molecule has 3 rings (SSSR count). The number of fused-ring (bicyclic) bond motifs is 1. The first-order valence-electron chi connectivity index (χ1n) is 9.75. The highest BCUT2D eigenvalue weighted by molar-refractivity contribution is 6.04. The summed E-state index contributed by atoms with van der Waals surface area (Å²) < 4.78 is 5.02. The van der Waals surface area contributed by atoms with Gasteiger partial charge < -0.3 is 14.5 Å². The Bertz CT molecular complexity index is 734. The largest absolute Gasteiger partial charge is 0.383 e. The maximum atomic E-state index is 12.9. The summed E-state index contributed by atoms with van der Waals surface area (Å²) in [7, 11) is 1.54. The normalized spacial score (nSPS) is 21.7. The third-order valence-electron chi connectivity index (χ3n) is 5.36. The van der Waals surface area contributed by atoms with Gasteiger partial charge in [0.25, 0.3) is 5.91 Å². The van der Waals surface area contributed by atoms with Gasteiger partial charge in [-0.3, -0.25) is 14.5 Å². The lowest BCUT2D eigenvalue weighted by molar-refractivity contribution is -0.134. The van der Waals surface area contributed by atoms with Crippen LogP contribution in [0.3, 0.4) is 0 Å². The average molecular weight is 387 g/mol. The molecule has 0 radical (unpaired) electrons. The molecule has 7 heteroatoms. The molecule has 0 spiro atoms. The number of carbonyl (C=O) groups excluding carboxylic acids is 3. The fourth-order valence-electron chi connectivity index (χ4n) is 3.98. The van der Waals surface area contributed by atoms with E-state index in [2.05, 4.69) is 0 Å². The van der Waals surface area contributed by atoms with Crippen molar-refractivity contribution in [2.45, 2.75) is 32.7 Å². The Morgan fingerprint density at radius 2 is 1.89 bits per heavy atom. The highest BCUT2D eigenvalue weighted by Gasteiger charge is 2.49. The predicted octanol–water partition coefficient (Wildman–Crippen LogP) is 1.77. The van der Waals surface area contributed by atoms with Crippen LogP contribution in [0.2, 0.25) is 0 Å². The second-order valence-corrected chi connectivity index (χ2v) is 8.33. The second-order valence-electron chi connectivity index (χ2n) is 8.33. The van der Waals surface area contributed by atoms with Gasteiger partial charge in [-0.1, -0.05) is 44.2 Å². The zero-order valence-electron chi connectivity index (χ0n) is 16.9. The van der Waals surface area contributed by atoms with Gasteiger partial charge in [-0.2, -0.15) is 0 Å². The topological polar surface area (TPSA) is 70.2 Å². The van der Waals surface area contributed by atoms with E-state index in [1.807, 2.05) is 44.2 Å². The summed E-state index contributed by atoms with van der Waals surface area (Å²) in [6.07, 6.45) is 1.06. The molecule has 4 amide bonds. The average Bonchev–Trinajstić information content (AvgIpc) is 2.80. The van der Waals surface area contributed by atoms with Gasteiger partial charge in [0.05, 0.1) is 19.7 Å². The van der Waals surface area contributed by atoms with E-state index in [-0.39, 0.29) is 36.3 Å². The van der Waals surface area contributed by atoms with E-state index in [1.165, 1.54) is 4.90 Å². The van der Waals surface area contributed by atoms with Gasteiger partial charge in [0.1, 0.15) is 6.04 Å². The van der Waals surface area contributed by atoms with Crippen molar-refractivity contribution in [1.82, 2.24) is 14.7 Å². The number of carbonyl (C=O) groups is 3. The highest BCUT2D eigenvalue weighted by atomic mass is 16.5. The smallest absolute Gasteiger partial charge is 0.327 e. The third-order valence-corrected chi connectivity index (χ3v) is 5.36. The Kier molecular flexibility index (Phi) is 6.03. The van der Waals surface area contributed by atoms with Crippen LogP contribution in [0.1, 0.15) is 25.8 Å². The van der Waals surface area contributed by atoms with E-state index in [1.54, 1.807) is 16.9 Å². The number of hydrogen-bond donors (Lipinski definition) is 0. The number of methoxy groups -OCH3 is 1. The van der Waals surface area contributed by atoms with Crippen LogP contribution >= 0.6 is 0 Å². The molecule has 1 aromatic rings. The fourth-order valence-corrected chi connectivity index (χ4v) is 3.98. The molecule has 2 heterocycles. The first kappa shape index (κ1) is 20.3. The summed E-state index contributed by atoms with van der Waals surface area (Å²) in [4.78, 5) is 43.2. The van der Waals surface area contributed by atoms with Crippen molar-refractivity contribution in [3.8, 4) is 0 Å². The molecule has 152 valence electrons. The summed E-state index contributed by atoms with van der Waals surface area (Å²) in [6.45, 7) is 5.85. The minimum atomic E-state index is -0.605. The van der Waals surface area contributed by atoms with Crippen molar-refractivity contribution in [3.63, 3.8) is 0 Å². The lowest BCUT2D eigenvalue weighted by Gasteiger charge is -2.30. The van der Waals surface area contributed by atoms with E-state index in [0.717, 1.165) is 5.56 Å². The maximum absolute atomic E-state index is 12.9. The van der Waals surface area contributed by atoms with Crippen LogP contribution in [-0.4, -0.2) is 78.5 Å². The number of benzene rings is 1. The van der Waals surface area contributed by atoms with E-state index in [0.29, 0.717) is 32.5 Å². The van der Waals surface area contributed by atoms with Crippen molar-refractivity contribution < 1.29 is 19.1 Å². The molecule has 0 bridgehead atoms. The SMILES string of the molecule is COCCN1C(=O)C2CN(C(=O)CCc3ccccc3)CC(C)(C)CN2C1=O. The molecule has 28 heavy (non-hydrogen) atoms. The van der Waals surface area contributed by atoms with Gasteiger partial charge in [0.15, 0.2) is 0 Å². The molecule has 1 unspecified atom stereocenters.